The van der Waals surface area contributed by atoms with Crippen LogP contribution >= 0.6 is 11.6 Å². The highest BCUT2D eigenvalue weighted by atomic mass is 35.5. The number of nitrogen functional groups attached to an aromatic ring is 1. The molecule has 1 saturated heterocycles. The van der Waals surface area contributed by atoms with Crippen molar-refractivity contribution in [1.29, 1.82) is 0 Å². The summed E-state index contributed by atoms with van der Waals surface area (Å²) in [4.78, 5) is -0.245. The van der Waals surface area contributed by atoms with Gasteiger partial charge in [0.1, 0.15) is 10.7 Å². The molecule has 0 bridgehead atoms. The molecule has 2 rings (SSSR count). The second-order valence-electron chi connectivity index (χ2n) is 3.78. The molecule has 0 saturated carbocycles. The molecular formula is C9H10ClFN2O3S. The van der Waals surface area contributed by atoms with E-state index in [1.54, 1.807) is 0 Å². The molecule has 1 heterocycles. The number of anilines is 1. The lowest BCUT2D eigenvalue weighted by Crippen LogP contribution is -2.53. The molecule has 1 aromatic carbocycles. The molecule has 0 amide bonds. The number of benzene rings is 1. The molecular weight excluding hydrogens is 271 g/mol. The topological polar surface area (TPSA) is 83.6 Å². The average molecular weight is 281 g/mol. The fourth-order valence-corrected chi connectivity index (χ4v) is 3.53. The van der Waals surface area contributed by atoms with Crippen LogP contribution in [0, 0.1) is 5.82 Å². The Hall–Kier alpha value is -0.890. The first-order valence-corrected chi connectivity index (χ1v) is 6.57. The van der Waals surface area contributed by atoms with E-state index in [9.17, 15) is 12.8 Å². The Labute approximate surface area is 103 Å². The van der Waals surface area contributed by atoms with Gasteiger partial charge in [-0.1, -0.05) is 11.6 Å². The van der Waals surface area contributed by atoms with E-state index < -0.39 is 21.9 Å². The Morgan fingerprint density at radius 3 is 2.59 bits per heavy atom. The molecule has 1 fully saturated rings. The van der Waals surface area contributed by atoms with Gasteiger partial charge in [-0.25, -0.2) is 12.8 Å². The predicted molar refractivity (Wildman–Crippen MR) is 60.6 cm³/mol. The maximum Gasteiger partial charge on any atom is 0.244 e. The van der Waals surface area contributed by atoms with E-state index in [-0.39, 0.29) is 28.7 Å². The molecule has 8 heteroatoms. The van der Waals surface area contributed by atoms with Crippen molar-refractivity contribution in [2.24, 2.45) is 0 Å². The van der Waals surface area contributed by atoms with Gasteiger partial charge in [-0.05, 0) is 12.1 Å². The van der Waals surface area contributed by atoms with Gasteiger partial charge in [0.2, 0.25) is 10.0 Å². The number of hydrogen-bond donors (Lipinski definition) is 2. The standard InChI is InChI=1S/C9H10ClFN2O3S/c10-6-1-7(11)8(12)2-9(6)17(15,16)13-3-5(14)4-13/h1-2,5,14H,3-4,12H2. The van der Waals surface area contributed by atoms with Gasteiger partial charge in [0.05, 0.1) is 16.8 Å². The number of halogens is 2. The first-order valence-electron chi connectivity index (χ1n) is 4.75. The van der Waals surface area contributed by atoms with E-state index >= 15 is 0 Å². The summed E-state index contributed by atoms with van der Waals surface area (Å²) < 4.78 is 38.1. The van der Waals surface area contributed by atoms with E-state index in [0.29, 0.717) is 0 Å². The smallest absolute Gasteiger partial charge is 0.244 e. The summed E-state index contributed by atoms with van der Waals surface area (Å²) in [6.45, 7) is 0.0197. The summed E-state index contributed by atoms with van der Waals surface area (Å²) in [5, 5.41) is 8.85. The van der Waals surface area contributed by atoms with Crippen LogP contribution in [0.3, 0.4) is 0 Å². The molecule has 0 radical (unpaired) electrons. The van der Waals surface area contributed by atoms with Crippen molar-refractivity contribution in [1.82, 2.24) is 4.31 Å². The molecule has 0 unspecified atom stereocenters. The number of sulfonamides is 1. The third-order valence-electron chi connectivity index (χ3n) is 2.50. The molecule has 17 heavy (non-hydrogen) atoms. The Kier molecular flexibility index (Phi) is 3.03. The second kappa shape index (κ2) is 4.09. The Morgan fingerprint density at radius 1 is 1.47 bits per heavy atom. The summed E-state index contributed by atoms with van der Waals surface area (Å²) in [6, 6.07) is 1.84. The Morgan fingerprint density at radius 2 is 2.06 bits per heavy atom. The minimum absolute atomic E-state index is 0.00986. The van der Waals surface area contributed by atoms with Gasteiger partial charge in [-0.3, -0.25) is 0 Å². The fraction of sp³-hybridized carbons (Fsp3) is 0.333. The van der Waals surface area contributed by atoms with Crippen LogP contribution in [0.2, 0.25) is 5.02 Å². The molecule has 0 atom stereocenters. The summed E-state index contributed by atoms with van der Waals surface area (Å²) in [6.07, 6.45) is -0.665. The summed E-state index contributed by atoms with van der Waals surface area (Å²) >= 11 is 5.68. The molecule has 1 aliphatic rings. The Balaban J connectivity index is 2.43. The fourth-order valence-electron chi connectivity index (χ4n) is 1.49. The number of aliphatic hydroxyl groups is 1. The summed E-state index contributed by atoms with van der Waals surface area (Å²) in [5.41, 5.74) is 5.02. The molecule has 94 valence electrons. The number of aliphatic hydroxyl groups excluding tert-OH is 1. The van der Waals surface area contributed by atoms with Crippen molar-refractivity contribution in [3.8, 4) is 0 Å². The maximum atomic E-state index is 13.0. The van der Waals surface area contributed by atoms with Crippen molar-refractivity contribution in [3.05, 3.63) is 23.0 Å². The minimum atomic E-state index is -3.81. The normalized spacial score (nSPS) is 18.1. The van der Waals surface area contributed by atoms with Gasteiger partial charge >= 0.3 is 0 Å². The highest BCUT2D eigenvalue weighted by Gasteiger charge is 2.37. The zero-order valence-electron chi connectivity index (χ0n) is 8.60. The summed E-state index contributed by atoms with van der Waals surface area (Å²) in [5.74, 6) is -0.766. The van der Waals surface area contributed by atoms with Crippen molar-refractivity contribution in [2.75, 3.05) is 18.8 Å². The molecule has 3 N–H and O–H groups in total. The van der Waals surface area contributed by atoms with Crippen LogP contribution in [0.15, 0.2) is 17.0 Å². The Bertz CT molecular complexity index is 558. The maximum absolute atomic E-state index is 13.0. The number of hydrogen-bond acceptors (Lipinski definition) is 4. The zero-order chi connectivity index (χ0) is 12.8. The quantitative estimate of drug-likeness (QED) is 0.770. The zero-order valence-corrected chi connectivity index (χ0v) is 10.2. The van der Waals surface area contributed by atoms with Gasteiger partial charge < -0.3 is 10.8 Å². The molecule has 0 aromatic heterocycles. The van der Waals surface area contributed by atoms with Crippen molar-refractivity contribution in [2.45, 2.75) is 11.0 Å². The van der Waals surface area contributed by atoms with Crippen LogP contribution in [0.4, 0.5) is 10.1 Å². The van der Waals surface area contributed by atoms with E-state index in [4.69, 9.17) is 22.4 Å². The minimum Gasteiger partial charge on any atom is -0.396 e. The van der Waals surface area contributed by atoms with Crippen LogP contribution in [0.1, 0.15) is 0 Å². The molecule has 1 aromatic rings. The third kappa shape index (κ3) is 2.11. The highest BCUT2D eigenvalue weighted by Crippen LogP contribution is 2.30. The van der Waals surface area contributed by atoms with Crippen LogP contribution in [-0.2, 0) is 10.0 Å². The van der Waals surface area contributed by atoms with E-state index in [1.807, 2.05) is 0 Å². The van der Waals surface area contributed by atoms with Crippen molar-refractivity contribution < 1.29 is 17.9 Å². The van der Waals surface area contributed by atoms with Crippen LogP contribution in [0.25, 0.3) is 0 Å². The largest absolute Gasteiger partial charge is 0.396 e. The first-order chi connectivity index (χ1) is 7.82. The average Bonchev–Trinajstić information content (AvgIpc) is 2.18. The number of nitrogens with two attached hydrogens (primary N) is 1. The lowest BCUT2D eigenvalue weighted by molar-refractivity contribution is 0.0548. The monoisotopic (exact) mass is 280 g/mol. The number of β-amino-alcohol motifs (C(OH)–C–C–N with tert-alkyl or cyclic N) is 1. The van der Waals surface area contributed by atoms with Gasteiger partial charge in [0.15, 0.2) is 0 Å². The molecule has 1 aliphatic heterocycles. The van der Waals surface area contributed by atoms with Gasteiger partial charge in [-0.15, -0.1) is 0 Å². The molecule has 0 spiro atoms. The van der Waals surface area contributed by atoms with Crippen LogP contribution < -0.4 is 5.73 Å². The van der Waals surface area contributed by atoms with Gasteiger partial charge in [-0.2, -0.15) is 4.31 Å². The molecule has 5 nitrogen and oxygen atoms in total. The van der Waals surface area contributed by atoms with Gasteiger partial charge in [0, 0.05) is 13.1 Å². The van der Waals surface area contributed by atoms with E-state index in [1.165, 1.54) is 0 Å². The third-order valence-corrected chi connectivity index (χ3v) is 4.79. The van der Waals surface area contributed by atoms with Crippen LogP contribution in [0.5, 0.6) is 0 Å². The van der Waals surface area contributed by atoms with Gasteiger partial charge in [0.25, 0.3) is 0 Å². The van der Waals surface area contributed by atoms with Crippen molar-refractivity contribution >= 4 is 27.3 Å². The summed E-state index contributed by atoms with van der Waals surface area (Å²) in [7, 11) is -3.81. The van der Waals surface area contributed by atoms with E-state index in [2.05, 4.69) is 0 Å². The molecule has 0 aliphatic carbocycles. The predicted octanol–water partition coefficient (Wildman–Crippen LogP) is 0.426. The highest BCUT2D eigenvalue weighted by molar-refractivity contribution is 7.89. The lowest BCUT2D eigenvalue weighted by Gasteiger charge is -2.34. The lowest BCUT2D eigenvalue weighted by atomic mass is 10.2. The second-order valence-corrected chi connectivity index (χ2v) is 6.09. The first kappa shape index (κ1) is 12.6. The van der Waals surface area contributed by atoms with E-state index in [0.717, 1.165) is 16.4 Å². The van der Waals surface area contributed by atoms with Crippen molar-refractivity contribution in [3.63, 3.8) is 0 Å². The number of nitrogens with zero attached hydrogens (tertiary/aromatic N) is 1. The SMILES string of the molecule is Nc1cc(S(=O)(=O)N2CC(O)C2)c(Cl)cc1F. The van der Waals surface area contributed by atoms with Crippen LogP contribution in [-0.4, -0.2) is 37.0 Å². The number of rotatable bonds is 2.